The molecule has 34 heavy (non-hydrogen) atoms. The van der Waals surface area contributed by atoms with E-state index in [1.165, 1.54) is 44.5 Å². The second-order valence-corrected chi connectivity index (χ2v) is 10.2. The van der Waals surface area contributed by atoms with Gasteiger partial charge in [-0.05, 0) is 73.2 Å². The Kier molecular flexibility index (Phi) is 5.80. The molecule has 4 aliphatic heterocycles. The number of epoxide rings is 4. The van der Waals surface area contributed by atoms with Crippen LogP contribution in [0.15, 0.2) is 12.1 Å². The summed E-state index contributed by atoms with van der Waals surface area (Å²) in [6.07, 6.45) is 2.80. The molecule has 4 aliphatic rings. The molecule has 0 N–H and O–H groups in total. The predicted molar refractivity (Wildman–Crippen MR) is 128 cm³/mol. The van der Waals surface area contributed by atoms with Crippen LogP contribution in [-0.4, -0.2) is 64.1 Å². The maximum atomic E-state index is 6.24. The second-order valence-electron chi connectivity index (χ2n) is 10.2. The topological polar surface area (TPSA) is 68.6 Å². The number of ether oxygens (including phenoxy) is 6. The highest BCUT2D eigenvalue weighted by Gasteiger charge is 2.31. The molecular weight excluding hydrogens is 432 g/mol. The van der Waals surface area contributed by atoms with E-state index in [4.69, 9.17) is 28.4 Å². The lowest BCUT2D eigenvalue weighted by Crippen LogP contribution is -2.11. The minimum absolute atomic E-state index is 0.232. The Morgan fingerprint density at radius 1 is 0.618 bits per heavy atom. The summed E-state index contributed by atoms with van der Waals surface area (Å²) in [6.45, 7) is 13.3. The maximum absolute atomic E-state index is 6.24. The molecule has 6 heteroatoms. The molecule has 2 aromatic rings. The number of hydrogen-bond donors (Lipinski definition) is 0. The molecule has 0 spiro atoms. The summed E-state index contributed by atoms with van der Waals surface area (Å²) < 4.78 is 34.4. The van der Waals surface area contributed by atoms with Crippen LogP contribution in [0.2, 0.25) is 0 Å². The van der Waals surface area contributed by atoms with E-state index in [0.717, 1.165) is 50.8 Å². The second kappa shape index (κ2) is 8.83. The average Bonchev–Trinajstić information content (AvgIpc) is 3.61. The zero-order valence-electron chi connectivity index (χ0n) is 20.6. The van der Waals surface area contributed by atoms with E-state index in [2.05, 4.69) is 39.8 Å². The molecule has 0 amide bonds. The SMILES string of the molecule is Cc1cc(OCC2CO2)c(CC2CO2)c(C)c1-c1c(C)cc(OCC2CO2)c(CC2CO2)c1C. The van der Waals surface area contributed by atoms with Crippen molar-refractivity contribution >= 4 is 0 Å². The van der Waals surface area contributed by atoms with Gasteiger partial charge in [0.1, 0.15) is 36.9 Å². The van der Waals surface area contributed by atoms with Gasteiger partial charge in [0.25, 0.3) is 0 Å². The van der Waals surface area contributed by atoms with Crippen molar-refractivity contribution in [2.75, 3.05) is 39.6 Å². The van der Waals surface area contributed by atoms with Gasteiger partial charge in [0.05, 0.1) is 38.6 Å². The standard InChI is InChI=1S/C28H34O6/c1-15-5-25(33-13-21-11-31-21)23(7-19-9-29-19)17(3)27(15)28-16(2)6-26(34-14-22-12-32-22)24(18(28)4)8-20-10-30-20/h5-6,19-22H,7-14H2,1-4H3. The first-order valence-electron chi connectivity index (χ1n) is 12.5. The summed E-state index contributed by atoms with van der Waals surface area (Å²) in [7, 11) is 0. The van der Waals surface area contributed by atoms with E-state index in [1.54, 1.807) is 0 Å². The third-order valence-electron chi connectivity index (χ3n) is 7.31. The zero-order valence-corrected chi connectivity index (χ0v) is 20.6. The number of hydrogen-bond acceptors (Lipinski definition) is 6. The number of aryl methyl sites for hydroxylation is 2. The van der Waals surface area contributed by atoms with Crippen molar-refractivity contribution in [1.29, 1.82) is 0 Å². The lowest BCUT2D eigenvalue weighted by molar-refractivity contribution is 0.260. The molecular formula is C28H34O6. The van der Waals surface area contributed by atoms with Gasteiger partial charge in [0, 0.05) is 24.0 Å². The molecule has 6 nitrogen and oxygen atoms in total. The van der Waals surface area contributed by atoms with Crippen molar-refractivity contribution in [3.63, 3.8) is 0 Å². The first-order valence-corrected chi connectivity index (χ1v) is 12.5. The Bertz CT molecular complexity index is 1010. The molecule has 0 aliphatic carbocycles. The van der Waals surface area contributed by atoms with Gasteiger partial charge in [-0.1, -0.05) is 0 Å². The van der Waals surface area contributed by atoms with Gasteiger partial charge in [-0.2, -0.15) is 0 Å². The monoisotopic (exact) mass is 466 g/mol. The van der Waals surface area contributed by atoms with Gasteiger partial charge in [0.15, 0.2) is 0 Å². The van der Waals surface area contributed by atoms with E-state index in [-0.39, 0.29) is 12.2 Å². The molecule has 0 bridgehead atoms. The fourth-order valence-electron chi connectivity index (χ4n) is 5.03. The summed E-state index contributed by atoms with van der Waals surface area (Å²) in [6, 6.07) is 4.42. The van der Waals surface area contributed by atoms with Gasteiger partial charge >= 0.3 is 0 Å². The molecule has 0 saturated carbocycles. The Hall–Kier alpha value is -2.12. The number of rotatable bonds is 11. The van der Waals surface area contributed by atoms with Crippen LogP contribution in [0.25, 0.3) is 11.1 Å². The largest absolute Gasteiger partial charge is 0.490 e. The Labute approximate surface area is 201 Å². The molecule has 4 heterocycles. The first-order chi connectivity index (χ1) is 16.5. The summed E-state index contributed by atoms with van der Waals surface area (Å²) in [4.78, 5) is 0. The van der Waals surface area contributed by atoms with Gasteiger partial charge in [-0.15, -0.1) is 0 Å². The summed E-state index contributed by atoms with van der Waals surface area (Å²) in [5.74, 6) is 1.94. The lowest BCUT2D eigenvalue weighted by atomic mass is 9.83. The molecule has 0 radical (unpaired) electrons. The van der Waals surface area contributed by atoms with E-state index >= 15 is 0 Å². The van der Waals surface area contributed by atoms with E-state index in [1.807, 2.05) is 0 Å². The van der Waals surface area contributed by atoms with Crippen LogP contribution in [0, 0.1) is 27.7 Å². The van der Waals surface area contributed by atoms with Crippen molar-refractivity contribution in [3.05, 3.63) is 45.5 Å². The van der Waals surface area contributed by atoms with Gasteiger partial charge in [-0.3, -0.25) is 0 Å². The van der Waals surface area contributed by atoms with Gasteiger partial charge in [0.2, 0.25) is 0 Å². The number of benzene rings is 2. The third kappa shape index (κ3) is 4.82. The fourth-order valence-corrected chi connectivity index (χ4v) is 5.03. The van der Waals surface area contributed by atoms with Gasteiger partial charge in [-0.25, -0.2) is 0 Å². The minimum atomic E-state index is 0.232. The minimum Gasteiger partial charge on any atom is -0.490 e. The summed E-state index contributed by atoms with van der Waals surface area (Å²) >= 11 is 0. The molecule has 4 atom stereocenters. The Balaban J connectivity index is 1.42. The average molecular weight is 467 g/mol. The van der Waals surface area contributed by atoms with Crippen LogP contribution >= 0.6 is 0 Å². The van der Waals surface area contributed by atoms with Crippen molar-refractivity contribution < 1.29 is 28.4 Å². The van der Waals surface area contributed by atoms with Crippen molar-refractivity contribution in [3.8, 4) is 22.6 Å². The van der Waals surface area contributed by atoms with Crippen LogP contribution in [-0.2, 0) is 31.8 Å². The highest BCUT2D eigenvalue weighted by atomic mass is 16.6. The van der Waals surface area contributed by atoms with Crippen LogP contribution in [0.5, 0.6) is 11.5 Å². The third-order valence-corrected chi connectivity index (χ3v) is 7.31. The zero-order chi connectivity index (χ0) is 23.4. The van der Waals surface area contributed by atoms with Crippen LogP contribution in [0.3, 0.4) is 0 Å². The molecule has 2 aromatic carbocycles. The summed E-state index contributed by atoms with van der Waals surface area (Å²) in [5.41, 5.74) is 10.1. The summed E-state index contributed by atoms with van der Waals surface area (Å²) in [5, 5.41) is 0. The normalized spacial score (nSPS) is 26.4. The van der Waals surface area contributed by atoms with Crippen molar-refractivity contribution in [1.82, 2.24) is 0 Å². The Morgan fingerprint density at radius 2 is 0.971 bits per heavy atom. The van der Waals surface area contributed by atoms with Crippen LogP contribution < -0.4 is 9.47 Å². The quantitative estimate of drug-likeness (QED) is 0.466. The lowest BCUT2D eigenvalue weighted by Gasteiger charge is -2.24. The smallest absolute Gasteiger partial charge is 0.123 e. The van der Waals surface area contributed by atoms with Crippen molar-refractivity contribution in [2.45, 2.75) is 65.0 Å². The highest BCUT2D eigenvalue weighted by Crippen LogP contribution is 2.43. The van der Waals surface area contributed by atoms with E-state index in [9.17, 15) is 0 Å². The van der Waals surface area contributed by atoms with Crippen LogP contribution in [0.1, 0.15) is 33.4 Å². The molecule has 6 rings (SSSR count). The molecule has 0 aromatic heterocycles. The Morgan fingerprint density at radius 3 is 1.29 bits per heavy atom. The molecule has 4 fully saturated rings. The van der Waals surface area contributed by atoms with Crippen molar-refractivity contribution in [2.24, 2.45) is 0 Å². The van der Waals surface area contributed by atoms with Crippen LogP contribution in [0.4, 0.5) is 0 Å². The fraction of sp³-hybridized carbons (Fsp3) is 0.571. The predicted octanol–water partition coefficient (Wildman–Crippen LogP) is 4.03. The molecule has 4 saturated heterocycles. The molecule has 4 unspecified atom stereocenters. The van der Waals surface area contributed by atoms with E-state index < -0.39 is 0 Å². The highest BCUT2D eigenvalue weighted by molar-refractivity contribution is 5.80. The first kappa shape index (κ1) is 22.4. The maximum Gasteiger partial charge on any atom is 0.123 e. The van der Waals surface area contributed by atoms with E-state index in [0.29, 0.717) is 25.4 Å². The molecule has 182 valence electrons. The van der Waals surface area contributed by atoms with Gasteiger partial charge < -0.3 is 28.4 Å².